The Kier molecular flexibility index (Phi) is 4.22. The van der Waals surface area contributed by atoms with Crippen LogP contribution in [0.2, 0.25) is 0 Å². The Hall–Kier alpha value is -0.360. The average molecular weight is 462 g/mol. The summed E-state index contributed by atoms with van der Waals surface area (Å²) in [4.78, 5) is 0. The topological polar surface area (TPSA) is 35.2 Å². The number of fused-ring (bicyclic) bond motifs is 1. The van der Waals surface area contributed by atoms with Gasteiger partial charge in [0.2, 0.25) is 0 Å². The first-order chi connectivity index (χ1) is 9.56. The van der Waals surface area contributed by atoms with Gasteiger partial charge >= 0.3 is 0 Å². The van der Waals surface area contributed by atoms with Gasteiger partial charge in [-0.1, -0.05) is 53.9 Å². The number of nitrogens with two attached hydrogens (primary N) is 1. The molecule has 0 spiro atoms. The number of ether oxygens (including phenoxy) is 1. The highest BCUT2D eigenvalue weighted by Gasteiger charge is 2.23. The first-order valence-electron chi connectivity index (χ1n) is 6.22. The zero-order chi connectivity index (χ0) is 14.3. The van der Waals surface area contributed by atoms with Gasteiger partial charge in [-0.05, 0) is 35.4 Å². The lowest BCUT2D eigenvalue weighted by atomic mass is 9.96. The molecule has 5 heteroatoms. The fourth-order valence-corrected chi connectivity index (χ4v) is 4.27. The Morgan fingerprint density at radius 3 is 2.55 bits per heavy atom. The van der Waals surface area contributed by atoms with Crippen molar-refractivity contribution in [2.45, 2.75) is 12.5 Å². The predicted molar refractivity (Wildman–Crippen MR) is 91.2 cm³/mol. The van der Waals surface area contributed by atoms with E-state index >= 15 is 0 Å². The van der Waals surface area contributed by atoms with Crippen LogP contribution >= 0.6 is 47.8 Å². The molecule has 104 valence electrons. The maximum absolute atomic E-state index is 6.46. The fraction of sp³-hybridized carbons (Fsp3) is 0.200. The third-order valence-electron chi connectivity index (χ3n) is 3.41. The van der Waals surface area contributed by atoms with Crippen molar-refractivity contribution >= 4 is 47.8 Å². The van der Waals surface area contributed by atoms with E-state index < -0.39 is 0 Å². The smallest absolute Gasteiger partial charge is 0.127 e. The van der Waals surface area contributed by atoms with Crippen molar-refractivity contribution < 1.29 is 4.74 Å². The zero-order valence-electron chi connectivity index (χ0n) is 10.5. The molecule has 0 saturated heterocycles. The van der Waals surface area contributed by atoms with Crippen LogP contribution in [0.4, 0.5) is 0 Å². The summed E-state index contributed by atoms with van der Waals surface area (Å²) >= 11 is 10.6. The molecule has 1 aliphatic heterocycles. The van der Waals surface area contributed by atoms with Gasteiger partial charge < -0.3 is 10.5 Å². The molecule has 2 aromatic carbocycles. The lowest BCUT2D eigenvalue weighted by Crippen LogP contribution is -2.13. The molecular weight excluding hydrogens is 450 g/mol. The highest BCUT2D eigenvalue weighted by Crippen LogP contribution is 2.39. The van der Waals surface area contributed by atoms with Gasteiger partial charge in [-0.15, -0.1) is 0 Å². The molecule has 0 aliphatic carbocycles. The summed E-state index contributed by atoms with van der Waals surface area (Å²) in [5.74, 6) is 0.940. The molecule has 1 atom stereocenters. The molecular formula is C15H12Br3NO. The van der Waals surface area contributed by atoms with Gasteiger partial charge in [-0.25, -0.2) is 0 Å². The standard InChI is InChI=1S/C15H12Br3NO/c16-9-1-2-11(13(18)7-9)14(19)12-6-10(17)5-8-3-4-20-15(8)12/h1-2,5-7,14H,3-4,19H2. The van der Waals surface area contributed by atoms with Gasteiger partial charge in [-0.2, -0.15) is 0 Å². The Labute approximate surface area is 143 Å². The quantitative estimate of drug-likeness (QED) is 0.686. The predicted octanol–water partition coefficient (Wildman–Crippen LogP) is 4.96. The van der Waals surface area contributed by atoms with E-state index in [-0.39, 0.29) is 6.04 Å². The monoisotopic (exact) mass is 459 g/mol. The normalized spacial score (nSPS) is 14.8. The van der Waals surface area contributed by atoms with Crippen LogP contribution in [0.3, 0.4) is 0 Å². The fourth-order valence-electron chi connectivity index (χ4n) is 2.45. The molecule has 0 radical (unpaired) electrons. The largest absolute Gasteiger partial charge is 0.493 e. The van der Waals surface area contributed by atoms with Crippen molar-refractivity contribution in [3.8, 4) is 5.75 Å². The second-order valence-electron chi connectivity index (χ2n) is 4.73. The minimum atomic E-state index is -0.221. The van der Waals surface area contributed by atoms with Crippen LogP contribution in [0.1, 0.15) is 22.7 Å². The maximum atomic E-state index is 6.46. The first-order valence-corrected chi connectivity index (χ1v) is 8.60. The van der Waals surface area contributed by atoms with E-state index in [0.29, 0.717) is 0 Å². The summed E-state index contributed by atoms with van der Waals surface area (Å²) in [6.45, 7) is 0.729. The minimum Gasteiger partial charge on any atom is -0.493 e. The first kappa shape index (κ1) is 14.6. The van der Waals surface area contributed by atoms with Gasteiger partial charge in [0.05, 0.1) is 12.6 Å². The van der Waals surface area contributed by atoms with Crippen LogP contribution < -0.4 is 10.5 Å². The molecule has 1 unspecified atom stereocenters. The van der Waals surface area contributed by atoms with Crippen LogP contribution in [0.5, 0.6) is 5.75 Å². The second-order valence-corrected chi connectivity index (χ2v) is 7.41. The highest BCUT2D eigenvalue weighted by atomic mass is 79.9. The van der Waals surface area contributed by atoms with Crippen molar-refractivity contribution in [2.24, 2.45) is 5.73 Å². The van der Waals surface area contributed by atoms with Crippen molar-refractivity contribution in [2.75, 3.05) is 6.61 Å². The number of hydrogen-bond acceptors (Lipinski definition) is 2. The van der Waals surface area contributed by atoms with Crippen molar-refractivity contribution in [3.63, 3.8) is 0 Å². The summed E-state index contributed by atoms with van der Waals surface area (Å²) in [5.41, 5.74) is 9.75. The summed E-state index contributed by atoms with van der Waals surface area (Å²) in [5, 5.41) is 0. The van der Waals surface area contributed by atoms with Crippen molar-refractivity contribution in [1.29, 1.82) is 0 Å². The molecule has 0 saturated carbocycles. The third-order valence-corrected chi connectivity index (χ3v) is 5.05. The second kappa shape index (κ2) is 5.79. The summed E-state index contributed by atoms with van der Waals surface area (Å²) in [7, 11) is 0. The van der Waals surface area contributed by atoms with E-state index in [9.17, 15) is 0 Å². The van der Waals surface area contributed by atoms with E-state index in [1.165, 1.54) is 5.56 Å². The van der Waals surface area contributed by atoms with Crippen molar-refractivity contribution in [3.05, 3.63) is 60.4 Å². The van der Waals surface area contributed by atoms with Crippen molar-refractivity contribution in [1.82, 2.24) is 0 Å². The van der Waals surface area contributed by atoms with Crippen LogP contribution in [-0.4, -0.2) is 6.61 Å². The highest BCUT2D eigenvalue weighted by molar-refractivity contribution is 9.11. The zero-order valence-corrected chi connectivity index (χ0v) is 15.3. The Morgan fingerprint density at radius 1 is 1.00 bits per heavy atom. The Balaban J connectivity index is 2.09. The Morgan fingerprint density at radius 2 is 1.80 bits per heavy atom. The average Bonchev–Trinajstić information content (AvgIpc) is 2.85. The van der Waals surface area contributed by atoms with Gasteiger partial charge in [0, 0.05) is 25.4 Å². The van der Waals surface area contributed by atoms with E-state index in [1.807, 2.05) is 24.3 Å². The van der Waals surface area contributed by atoms with Gasteiger partial charge in [0.25, 0.3) is 0 Å². The van der Waals surface area contributed by atoms with E-state index in [4.69, 9.17) is 10.5 Å². The van der Waals surface area contributed by atoms with Gasteiger partial charge in [0.15, 0.2) is 0 Å². The summed E-state index contributed by atoms with van der Waals surface area (Å²) < 4.78 is 8.82. The van der Waals surface area contributed by atoms with Crippen LogP contribution in [-0.2, 0) is 6.42 Å². The molecule has 0 amide bonds. The third kappa shape index (κ3) is 2.69. The van der Waals surface area contributed by atoms with E-state index in [0.717, 1.165) is 43.3 Å². The number of rotatable bonds is 2. The Bertz CT molecular complexity index is 672. The molecule has 20 heavy (non-hydrogen) atoms. The molecule has 1 heterocycles. The van der Waals surface area contributed by atoms with Gasteiger partial charge in [0.1, 0.15) is 5.75 Å². The lowest BCUT2D eigenvalue weighted by molar-refractivity contribution is 0.352. The molecule has 0 aromatic heterocycles. The van der Waals surface area contributed by atoms with Crippen LogP contribution in [0.25, 0.3) is 0 Å². The molecule has 3 rings (SSSR count). The minimum absolute atomic E-state index is 0.221. The van der Waals surface area contributed by atoms with E-state index in [1.54, 1.807) is 0 Å². The molecule has 0 fully saturated rings. The van der Waals surface area contributed by atoms with E-state index in [2.05, 4.69) is 53.9 Å². The molecule has 0 bridgehead atoms. The molecule has 2 aromatic rings. The molecule has 2 N–H and O–H groups in total. The SMILES string of the molecule is NC(c1ccc(Br)cc1Br)c1cc(Br)cc2c1OCC2. The van der Waals surface area contributed by atoms with Gasteiger partial charge in [-0.3, -0.25) is 0 Å². The van der Waals surface area contributed by atoms with Crippen LogP contribution in [0, 0.1) is 0 Å². The molecule has 2 nitrogen and oxygen atoms in total. The maximum Gasteiger partial charge on any atom is 0.127 e. The number of halogens is 3. The number of hydrogen-bond donors (Lipinski definition) is 1. The molecule has 1 aliphatic rings. The summed E-state index contributed by atoms with van der Waals surface area (Å²) in [6.07, 6.45) is 0.940. The summed E-state index contributed by atoms with van der Waals surface area (Å²) in [6, 6.07) is 9.97. The number of benzene rings is 2. The lowest BCUT2D eigenvalue weighted by Gasteiger charge is -2.18. The van der Waals surface area contributed by atoms with Crippen LogP contribution in [0.15, 0.2) is 43.7 Å².